The number of allylic oxidation sites excluding steroid dienone is 1. The first-order valence-electron chi connectivity index (χ1n) is 11.4. The first-order valence-corrected chi connectivity index (χ1v) is 12.6. The predicted molar refractivity (Wildman–Crippen MR) is 141 cm³/mol. The zero-order chi connectivity index (χ0) is 30.0. The molecule has 0 aliphatic carbocycles. The summed E-state index contributed by atoms with van der Waals surface area (Å²) < 4.78 is 94.9. The van der Waals surface area contributed by atoms with E-state index in [1.807, 2.05) is 0 Å². The lowest BCUT2D eigenvalue weighted by atomic mass is 9.92. The highest BCUT2D eigenvalue weighted by Gasteiger charge is 2.40. The number of rotatable bonds is 8. The molecule has 13 heteroatoms. The van der Waals surface area contributed by atoms with Gasteiger partial charge in [0.1, 0.15) is 18.3 Å². The highest BCUT2D eigenvalue weighted by atomic mass is 35.5. The number of benzene rings is 3. The van der Waals surface area contributed by atoms with Crippen LogP contribution in [-0.2, 0) is 4.79 Å². The molecule has 0 aliphatic rings. The Hall–Kier alpha value is -2.82. The molecule has 3 aromatic carbocycles. The number of hydrogen-bond donors (Lipinski definition) is 0. The smallest absolute Gasteiger partial charge is 0.337 e. The molecule has 3 nitrogen and oxygen atoms in total. The van der Waals surface area contributed by atoms with Crippen LogP contribution in [0.15, 0.2) is 54.6 Å². The Morgan fingerprint density at radius 1 is 0.875 bits per heavy atom. The van der Waals surface area contributed by atoms with Crippen LogP contribution in [-0.4, -0.2) is 42.5 Å². The number of carbonyl (C=O) groups is 2. The third kappa shape index (κ3) is 7.67. The molecule has 3 aromatic rings. The van der Waals surface area contributed by atoms with Gasteiger partial charge >= 0.3 is 12.4 Å². The number of Topliss-reactive ketones (excluding diaryl/α,β-unsaturated/α-hetero) is 1. The van der Waals surface area contributed by atoms with Crippen LogP contribution in [0.3, 0.4) is 0 Å². The topological polar surface area (TPSA) is 37.4 Å². The summed E-state index contributed by atoms with van der Waals surface area (Å²) in [6, 6.07) is 10.0. The molecular weight excluding hydrogens is 610 g/mol. The van der Waals surface area contributed by atoms with E-state index in [1.54, 1.807) is 0 Å². The van der Waals surface area contributed by atoms with Gasteiger partial charge < -0.3 is 4.90 Å². The average molecular weight is 629 g/mol. The molecule has 0 fully saturated rings. The van der Waals surface area contributed by atoms with E-state index < -0.39 is 60.7 Å². The first-order chi connectivity index (χ1) is 18.5. The number of halogens is 10. The van der Waals surface area contributed by atoms with Crippen molar-refractivity contribution in [1.29, 1.82) is 0 Å². The number of amides is 1. The van der Waals surface area contributed by atoms with Gasteiger partial charge in [0.15, 0.2) is 5.78 Å². The van der Waals surface area contributed by atoms with Gasteiger partial charge in [0, 0.05) is 31.0 Å². The van der Waals surface area contributed by atoms with Crippen LogP contribution in [0.4, 0.5) is 30.7 Å². The van der Waals surface area contributed by atoms with Crippen molar-refractivity contribution in [3.05, 3.63) is 86.4 Å². The average Bonchev–Trinajstić information content (AvgIpc) is 2.85. The molecule has 0 radical (unpaired) electrons. The second-order valence-corrected chi connectivity index (χ2v) is 10.0. The second-order valence-electron chi connectivity index (χ2n) is 8.83. The summed E-state index contributed by atoms with van der Waals surface area (Å²) in [4.78, 5) is 25.3. The van der Waals surface area contributed by atoms with Crippen molar-refractivity contribution in [2.75, 3.05) is 13.6 Å². The molecule has 3 rings (SSSR count). The predicted octanol–water partition coefficient (Wildman–Crippen LogP) is 9.44. The molecule has 0 aromatic heterocycles. The zero-order valence-electron chi connectivity index (χ0n) is 20.4. The Labute approximate surface area is 239 Å². The van der Waals surface area contributed by atoms with E-state index >= 15 is 4.39 Å². The summed E-state index contributed by atoms with van der Waals surface area (Å²) in [5.41, 5.74) is -0.658. The minimum Gasteiger partial charge on any atom is -0.337 e. The van der Waals surface area contributed by atoms with Gasteiger partial charge in [0.2, 0.25) is 5.91 Å². The second kappa shape index (κ2) is 12.4. The molecule has 1 atom stereocenters. The quantitative estimate of drug-likeness (QED) is 0.142. The van der Waals surface area contributed by atoms with Gasteiger partial charge in [-0.05, 0) is 34.5 Å². The number of carbonyl (C=O) groups excluding carboxylic acids is 2. The number of alkyl halides is 6. The fourth-order valence-electron chi connectivity index (χ4n) is 4.02. The lowest BCUT2D eigenvalue weighted by Gasteiger charge is -2.19. The SMILES string of the molecule is CN(CC(F)(F)F)C(=O)CCC(=O)c1ccc(/C(F)=C/C(c2cc(Cl)c(Cl)c(Cl)c2)C(F)(F)F)c2ccccc12. The maximum atomic E-state index is 15.5. The van der Waals surface area contributed by atoms with Gasteiger partial charge in [-0.3, -0.25) is 9.59 Å². The lowest BCUT2D eigenvalue weighted by Crippen LogP contribution is -2.35. The van der Waals surface area contributed by atoms with Gasteiger partial charge in [0.05, 0.1) is 15.1 Å². The number of nitrogens with zero attached hydrogens (tertiary/aromatic N) is 1. The summed E-state index contributed by atoms with van der Waals surface area (Å²) in [5.74, 6) is -5.20. The van der Waals surface area contributed by atoms with Crippen molar-refractivity contribution in [3.8, 4) is 0 Å². The standard InChI is InChI=1S/C27H19Cl3F7NO2/c1-38(13-26(32,33)34)24(40)9-8-23(39)18-7-6-17(15-4-2-3-5-16(15)18)22(31)12-19(27(35,36)37)14-10-20(28)25(30)21(29)11-14/h2-7,10-12,19H,8-9,13H2,1H3/b22-12-. The molecule has 0 aliphatic heterocycles. The van der Waals surface area contributed by atoms with Gasteiger partial charge in [0.25, 0.3) is 0 Å². The van der Waals surface area contributed by atoms with Crippen molar-refractivity contribution < 1.29 is 40.3 Å². The molecule has 214 valence electrons. The van der Waals surface area contributed by atoms with Crippen molar-refractivity contribution in [2.24, 2.45) is 0 Å². The van der Waals surface area contributed by atoms with E-state index in [0.717, 1.165) is 25.2 Å². The summed E-state index contributed by atoms with van der Waals surface area (Å²) in [6.45, 7) is -1.48. The fraction of sp³-hybridized carbons (Fsp3) is 0.259. The Morgan fingerprint density at radius 2 is 1.40 bits per heavy atom. The van der Waals surface area contributed by atoms with E-state index in [-0.39, 0.29) is 37.0 Å². The summed E-state index contributed by atoms with van der Waals surface area (Å²) >= 11 is 17.6. The van der Waals surface area contributed by atoms with E-state index in [9.17, 15) is 35.9 Å². The van der Waals surface area contributed by atoms with E-state index in [4.69, 9.17) is 34.8 Å². The van der Waals surface area contributed by atoms with Crippen LogP contribution in [0.25, 0.3) is 16.6 Å². The van der Waals surface area contributed by atoms with Crippen LogP contribution in [0.1, 0.15) is 40.2 Å². The molecule has 1 unspecified atom stereocenters. The molecular formula is C27H19Cl3F7NO2. The van der Waals surface area contributed by atoms with Crippen LogP contribution < -0.4 is 0 Å². The maximum absolute atomic E-state index is 15.5. The molecule has 0 heterocycles. The Balaban J connectivity index is 1.96. The van der Waals surface area contributed by atoms with Crippen LogP contribution in [0, 0.1) is 0 Å². The molecule has 0 bridgehead atoms. The van der Waals surface area contributed by atoms with Gasteiger partial charge in [-0.25, -0.2) is 4.39 Å². The van der Waals surface area contributed by atoms with Crippen LogP contribution in [0.2, 0.25) is 15.1 Å². The molecule has 0 spiro atoms. The minimum atomic E-state index is -4.94. The van der Waals surface area contributed by atoms with Crippen molar-refractivity contribution in [2.45, 2.75) is 31.1 Å². The molecule has 0 N–H and O–H groups in total. The Morgan fingerprint density at radius 3 is 1.93 bits per heavy atom. The Bertz CT molecular complexity index is 1450. The van der Waals surface area contributed by atoms with Gasteiger partial charge in [-0.2, -0.15) is 26.3 Å². The number of ketones is 1. The molecule has 0 saturated heterocycles. The highest BCUT2D eigenvalue weighted by molar-refractivity contribution is 6.48. The molecule has 0 saturated carbocycles. The third-order valence-electron chi connectivity index (χ3n) is 5.92. The lowest BCUT2D eigenvalue weighted by molar-refractivity contribution is -0.158. The van der Waals surface area contributed by atoms with Crippen molar-refractivity contribution >= 4 is 63.1 Å². The monoisotopic (exact) mass is 627 g/mol. The molecule has 1 amide bonds. The summed E-state index contributed by atoms with van der Waals surface area (Å²) in [7, 11) is 0.958. The number of fused-ring (bicyclic) bond motifs is 1. The Kier molecular flexibility index (Phi) is 9.80. The van der Waals surface area contributed by atoms with E-state index in [2.05, 4.69) is 0 Å². The van der Waals surface area contributed by atoms with Crippen molar-refractivity contribution in [3.63, 3.8) is 0 Å². The van der Waals surface area contributed by atoms with Gasteiger partial charge in [-0.15, -0.1) is 0 Å². The first kappa shape index (κ1) is 31.7. The van der Waals surface area contributed by atoms with Crippen molar-refractivity contribution in [1.82, 2.24) is 4.90 Å². The van der Waals surface area contributed by atoms with E-state index in [0.29, 0.717) is 11.0 Å². The summed E-state index contributed by atoms with van der Waals surface area (Å²) in [5, 5.41) is -0.355. The summed E-state index contributed by atoms with van der Waals surface area (Å²) in [6.07, 6.45) is -10.1. The maximum Gasteiger partial charge on any atom is 0.406 e. The minimum absolute atomic E-state index is 0.0297. The normalized spacial score (nSPS) is 13.4. The van der Waals surface area contributed by atoms with Crippen LogP contribution >= 0.6 is 34.8 Å². The molecule has 40 heavy (non-hydrogen) atoms. The van der Waals surface area contributed by atoms with Crippen LogP contribution in [0.5, 0.6) is 0 Å². The largest absolute Gasteiger partial charge is 0.406 e. The fourth-order valence-corrected chi connectivity index (χ4v) is 4.64. The number of hydrogen-bond acceptors (Lipinski definition) is 2. The highest BCUT2D eigenvalue weighted by Crippen LogP contribution is 2.43. The zero-order valence-corrected chi connectivity index (χ0v) is 22.7. The third-order valence-corrected chi connectivity index (χ3v) is 7.12. The van der Waals surface area contributed by atoms with E-state index in [1.165, 1.54) is 30.3 Å². The van der Waals surface area contributed by atoms with Gasteiger partial charge in [-0.1, -0.05) is 71.2 Å².